The standard InChI is InChI=1S/C20H38N6O7/c1-12(17(29)26-15(20(32)33)8-9-16(27)28)24-19(31)14(7-3-5-11-22)25-18(30)13(23)6-2-4-10-21/h12-15H,2-11,21-23H2,1H3,(H,24,31)(H,25,30)(H,26,29)(H,27,28)(H,32,33). The smallest absolute Gasteiger partial charge is 0.326 e. The number of carbonyl (C=O) groups excluding carboxylic acids is 3. The van der Waals surface area contributed by atoms with E-state index in [0.29, 0.717) is 38.8 Å². The van der Waals surface area contributed by atoms with Gasteiger partial charge in [-0.15, -0.1) is 0 Å². The Hall–Kier alpha value is -2.77. The molecule has 11 N–H and O–H groups in total. The summed E-state index contributed by atoms with van der Waals surface area (Å²) in [5.74, 6) is -4.52. The predicted molar refractivity (Wildman–Crippen MR) is 120 cm³/mol. The monoisotopic (exact) mass is 474 g/mol. The van der Waals surface area contributed by atoms with E-state index >= 15 is 0 Å². The third-order valence-corrected chi connectivity index (χ3v) is 4.90. The second kappa shape index (κ2) is 16.8. The number of amides is 3. The van der Waals surface area contributed by atoms with Gasteiger partial charge in [-0.1, -0.05) is 6.42 Å². The lowest BCUT2D eigenvalue weighted by Crippen LogP contribution is -2.56. The molecule has 33 heavy (non-hydrogen) atoms. The number of carboxylic acid groups (broad SMARTS) is 2. The van der Waals surface area contributed by atoms with E-state index < -0.39 is 60.2 Å². The molecule has 0 aromatic heterocycles. The lowest BCUT2D eigenvalue weighted by atomic mass is 10.1. The topological polar surface area (TPSA) is 240 Å². The third-order valence-electron chi connectivity index (χ3n) is 4.90. The minimum Gasteiger partial charge on any atom is -0.481 e. The number of nitrogens with two attached hydrogens (primary N) is 3. The molecule has 0 radical (unpaired) electrons. The Morgan fingerprint density at radius 3 is 1.79 bits per heavy atom. The number of hydrogen-bond donors (Lipinski definition) is 8. The third kappa shape index (κ3) is 13.4. The molecule has 0 heterocycles. The van der Waals surface area contributed by atoms with Crippen molar-refractivity contribution in [2.75, 3.05) is 13.1 Å². The maximum Gasteiger partial charge on any atom is 0.326 e. The van der Waals surface area contributed by atoms with E-state index in [-0.39, 0.29) is 12.8 Å². The predicted octanol–water partition coefficient (Wildman–Crippen LogP) is -2.00. The van der Waals surface area contributed by atoms with Crippen molar-refractivity contribution in [3.63, 3.8) is 0 Å². The summed E-state index contributed by atoms with van der Waals surface area (Å²) < 4.78 is 0. The molecule has 4 atom stereocenters. The quantitative estimate of drug-likeness (QED) is 0.102. The van der Waals surface area contributed by atoms with Crippen molar-refractivity contribution in [2.24, 2.45) is 17.2 Å². The van der Waals surface area contributed by atoms with Gasteiger partial charge in [-0.2, -0.15) is 0 Å². The first-order valence-corrected chi connectivity index (χ1v) is 11.0. The van der Waals surface area contributed by atoms with Gasteiger partial charge in [0.15, 0.2) is 0 Å². The van der Waals surface area contributed by atoms with Crippen LogP contribution in [-0.4, -0.2) is 77.1 Å². The number of carboxylic acids is 2. The summed E-state index contributed by atoms with van der Waals surface area (Å²) in [6, 6.07) is -4.31. The van der Waals surface area contributed by atoms with E-state index in [4.69, 9.17) is 27.4 Å². The van der Waals surface area contributed by atoms with Gasteiger partial charge in [0.1, 0.15) is 18.1 Å². The highest BCUT2D eigenvalue weighted by Crippen LogP contribution is 2.05. The summed E-state index contributed by atoms with van der Waals surface area (Å²) in [5, 5.41) is 25.1. The highest BCUT2D eigenvalue weighted by Gasteiger charge is 2.28. The number of carbonyl (C=O) groups is 5. The van der Waals surface area contributed by atoms with E-state index in [1.54, 1.807) is 0 Å². The number of rotatable bonds is 18. The van der Waals surface area contributed by atoms with Gasteiger partial charge in [0, 0.05) is 6.42 Å². The Morgan fingerprint density at radius 2 is 1.27 bits per heavy atom. The van der Waals surface area contributed by atoms with Crippen LogP contribution < -0.4 is 33.2 Å². The van der Waals surface area contributed by atoms with E-state index in [1.807, 2.05) is 0 Å². The van der Waals surface area contributed by atoms with Crippen LogP contribution >= 0.6 is 0 Å². The Kier molecular flexibility index (Phi) is 15.4. The van der Waals surface area contributed by atoms with Crippen molar-refractivity contribution in [3.05, 3.63) is 0 Å². The Balaban J connectivity index is 5.02. The molecule has 13 heteroatoms. The van der Waals surface area contributed by atoms with Gasteiger partial charge in [0.25, 0.3) is 0 Å². The van der Waals surface area contributed by atoms with Crippen LogP contribution in [0.4, 0.5) is 0 Å². The fourth-order valence-corrected chi connectivity index (χ4v) is 2.88. The molecule has 0 saturated carbocycles. The fourth-order valence-electron chi connectivity index (χ4n) is 2.88. The van der Waals surface area contributed by atoms with Crippen LogP contribution in [0.25, 0.3) is 0 Å². The normalized spacial score (nSPS) is 14.4. The molecule has 0 fully saturated rings. The summed E-state index contributed by atoms with van der Waals surface area (Å²) >= 11 is 0. The second-order valence-electron chi connectivity index (χ2n) is 7.80. The van der Waals surface area contributed by atoms with E-state index in [0.717, 1.165) is 6.42 Å². The molecule has 0 aromatic carbocycles. The summed E-state index contributed by atoms with van der Waals surface area (Å²) in [5.41, 5.74) is 16.8. The van der Waals surface area contributed by atoms with Crippen LogP contribution in [-0.2, 0) is 24.0 Å². The van der Waals surface area contributed by atoms with Crippen molar-refractivity contribution >= 4 is 29.7 Å². The molecular formula is C20H38N6O7. The second-order valence-corrected chi connectivity index (χ2v) is 7.80. The lowest BCUT2D eigenvalue weighted by Gasteiger charge is -2.23. The largest absolute Gasteiger partial charge is 0.481 e. The van der Waals surface area contributed by atoms with E-state index in [2.05, 4.69) is 16.0 Å². The van der Waals surface area contributed by atoms with E-state index in [1.165, 1.54) is 6.92 Å². The van der Waals surface area contributed by atoms with Crippen molar-refractivity contribution in [3.8, 4) is 0 Å². The Labute approximate surface area is 193 Å². The van der Waals surface area contributed by atoms with Crippen molar-refractivity contribution in [2.45, 2.75) is 82.5 Å². The summed E-state index contributed by atoms with van der Waals surface area (Å²) in [4.78, 5) is 59.4. The number of hydrogen-bond acceptors (Lipinski definition) is 8. The highest BCUT2D eigenvalue weighted by atomic mass is 16.4. The molecule has 4 unspecified atom stereocenters. The molecule has 0 bridgehead atoms. The van der Waals surface area contributed by atoms with Crippen molar-refractivity contribution in [1.82, 2.24) is 16.0 Å². The first-order chi connectivity index (χ1) is 15.5. The van der Waals surface area contributed by atoms with Gasteiger partial charge in [-0.3, -0.25) is 19.2 Å². The Morgan fingerprint density at radius 1 is 0.727 bits per heavy atom. The summed E-state index contributed by atoms with van der Waals surface area (Å²) in [7, 11) is 0. The molecule has 190 valence electrons. The van der Waals surface area contributed by atoms with Crippen LogP contribution in [0.1, 0.15) is 58.3 Å². The van der Waals surface area contributed by atoms with Gasteiger partial charge in [0.2, 0.25) is 17.7 Å². The molecule has 3 amide bonds. The SMILES string of the molecule is CC(NC(=O)C(CCCCN)NC(=O)C(N)CCCCN)C(=O)NC(CCC(=O)O)C(=O)O. The molecule has 13 nitrogen and oxygen atoms in total. The number of aliphatic carboxylic acids is 2. The molecule has 0 saturated heterocycles. The van der Waals surface area contributed by atoms with Crippen LogP contribution in [0.5, 0.6) is 0 Å². The maximum absolute atomic E-state index is 12.7. The zero-order valence-electron chi connectivity index (χ0n) is 19.0. The summed E-state index contributed by atoms with van der Waals surface area (Å²) in [6.07, 6.45) is 2.49. The number of unbranched alkanes of at least 4 members (excludes halogenated alkanes) is 2. The van der Waals surface area contributed by atoms with Crippen LogP contribution in [0.15, 0.2) is 0 Å². The lowest BCUT2D eigenvalue weighted by molar-refractivity contribution is -0.143. The zero-order valence-corrected chi connectivity index (χ0v) is 19.0. The first kappa shape index (κ1) is 30.2. The fraction of sp³-hybridized carbons (Fsp3) is 0.750. The van der Waals surface area contributed by atoms with Crippen molar-refractivity contribution < 1.29 is 34.2 Å². The average Bonchev–Trinajstić information content (AvgIpc) is 2.75. The van der Waals surface area contributed by atoms with Gasteiger partial charge < -0.3 is 43.4 Å². The highest BCUT2D eigenvalue weighted by molar-refractivity contribution is 5.93. The van der Waals surface area contributed by atoms with Gasteiger partial charge >= 0.3 is 11.9 Å². The minimum atomic E-state index is -1.42. The molecule has 0 aliphatic rings. The molecular weight excluding hydrogens is 436 g/mol. The summed E-state index contributed by atoms with van der Waals surface area (Å²) in [6.45, 7) is 2.24. The van der Waals surface area contributed by atoms with Crippen LogP contribution in [0.3, 0.4) is 0 Å². The Bertz CT molecular complexity index is 661. The van der Waals surface area contributed by atoms with Crippen LogP contribution in [0, 0.1) is 0 Å². The molecule has 0 aromatic rings. The van der Waals surface area contributed by atoms with Crippen molar-refractivity contribution in [1.29, 1.82) is 0 Å². The number of nitrogens with one attached hydrogen (secondary N) is 3. The van der Waals surface area contributed by atoms with Gasteiger partial charge in [-0.25, -0.2) is 4.79 Å². The molecule has 0 spiro atoms. The zero-order chi connectivity index (χ0) is 25.4. The maximum atomic E-state index is 12.7. The first-order valence-electron chi connectivity index (χ1n) is 11.0. The van der Waals surface area contributed by atoms with Gasteiger partial charge in [0.05, 0.1) is 6.04 Å². The van der Waals surface area contributed by atoms with E-state index in [9.17, 15) is 24.0 Å². The average molecular weight is 475 g/mol. The minimum absolute atomic E-state index is 0.273. The molecule has 0 rings (SSSR count). The van der Waals surface area contributed by atoms with Crippen LogP contribution in [0.2, 0.25) is 0 Å². The molecule has 0 aliphatic heterocycles. The van der Waals surface area contributed by atoms with Gasteiger partial charge in [-0.05, 0) is 58.5 Å². The molecule has 0 aliphatic carbocycles.